The largest absolute Gasteiger partial charge is 0.379 e. The predicted molar refractivity (Wildman–Crippen MR) is 94.4 cm³/mol. The van der Waals surface area contributed by atoms with Gasteiger partial charge in [-0.3, -0.25) is 14.8 Å². The average molecular weight is 347 g/mol. The molecule has 4 rings (SSSR count). The van der Waals surface area contributed by atoms with Gasteiger partial charge in [-0.25, -0.2) is 0 Å². The fourth-order valence-electron chi connectivity index (χ4n) is 4.16. The molecule has 0 amide bonds. The Hall–Kier alpha value is -1.05. The Morgan fingerprint density at radius 3 is 2.76 bits per heavy atom. The van der Waals surface area contributed by atoms with Crippen molar-refractivity contribution in [2.75, 3.05) is 59.2 Å². The molecule has 1 aromatic rings. The highest BCUT2D eigenvalue weighted by Gasteiger charge is 2.43. The standard InChI is InChI=1S/C19H29N3O3/c1-2-6-20-17(3-1)13-22-9-12-24-16-19(15-22)5-4-18(25-19)14-21-7-10-23-11-8-21/h1-3,6,18H,4-5,7-16H2/t18-,19-/m0/s1. The smallest absolute Gasteiger partial charge is 0.105 e. The summed E-state index contributed by atoms with van der Waals surface area (Å²) < 4.78 is 17.9. The minimum atomic E-state index is -0.151. The second-order valence-electron chi connectivity index (χ2n) is 7.46. The summed E-state index contributed by atoms with van der Waals surface area (Å²) in [4.78, 5) is 9.37. The van der Waals surface area contributed by atoms with Gasteiger partial charge in [-0.05, 0) is 25.0 Å². The minimum Gasteiger partial charge on any atom is -0.379 e. The van der Waals surface area contributed by atoms with Gasteiger partial charge in [0.05, 0.1) is 38.2 Å². The summed E-state index contributed by atoms with van der Waals surface area (Å²) >= 11 is 0. The number of morpholine rings is 1. The molecule has 4 heterocycles. The zero-order valence-electron chi connectivity index (χ0n) is 14.9. The van der Waals surface area contributed by atoms with Crippen LogP contribution in [0.3, 0.4) is 0 Å². The van der Waals surface area contributed by atoms with Crippen LogP contribution in [0.25, 0.3) is 0 Å². The van der Waals surface area contributed by atoms with Crippen LogP contribution in [0.2, 0.25) is 0 Å². The van der Waals surface area contributed by atoms with Gasteiger partial charge in [0.25, 0.3) is 0 Å². The second-order valence-corrected chi connectivity index (χ2v) is 7.46. The Bertz CT molecular complexity index is 538. The van der Waals surface area contributed by atoms with Crippen LogP contribution in [0.1, 0.15) is 18.5 Å². The van der Waals surface area contributed by atoms with Crippen LogP contribution in [0.5, 0.6) is 0 Å². The first-order chi connectivity index (χ1) is 12.3. The average Bonchev–Trinajstić information content (AvgIpc) is 2.91. The molecule has 0 aliphatic carbocycles. The second kappa shape index (κ2) is 8.10. The molecule has 0 N–H and O–H groups in total. The molecule has 1 aromatic heterocycles. The highest BCUT2D eigenvalue weighted by molar-refractivity contribution is 5.04. The Labute approximate surface area is 150 Å². The number of hydrogen-bond acceptors (Lipinski definition) is 6. The molecule has 0 aromatic carbocycles. The third kappa shape index (κ3) is 4.57. The normalized spacial score (nSPS) is 32.1. The van der Waals surface area contributed by atoms with Crippen LogP contribution in [0.15, 0.2) is 24.4 Å². The van der Waals surface area contributed by atoms with Gasteiger partial charge in [-0.2, -0.15) is 0 Å². The van der Waals surface area contributed by atoms with E-state index < -0.39 is 0 Å². The molecule has 3 saturated heterocycles. The highest BCUT2D eigenvalue weighted by atomic mass is 16.6. The zero-order valence-corrected chi connectivity index (χ0v) is 14.9. The molecule has 6 heteroatoms. The van der Waals surface area contributed by atoms with Crippen LogP contribution in [-0.2, 0) is 20.8 Å². The van der Waals surface area contributed by atoms with Gasteiger partial charge in [0.2, 0.25) is 0 Å². The molecule has 0 unspecified atom stereocenters. The topological polar surface area (TPSA) is 47.1 Å². The first-order valence-electron chi connectivity index (χ1n) is 9.49. The lowest BCUT2D eigenvalue weighted by Crippen LogP contribution is -2.46. The van der Waals surface area contributed by atoms with E-state index in [0.717, 1.165) is 77.6 Å². The molecule has 3 fully saturated rings. The van der Waals surface area contributed by atoms with Crippen molar-refractivity contribution in [1.82, 2.24) is 14.8 Å². The molecule has 3 aliphatic heterocycles. The summed E-state index contributed by atoms with van der Waals surface area (Å²) in [6.07, 6.45) is 4.39. The number of ether oxygens (including phenoxy) is 3. The lowest BCUT2D eigenvalue weighted by molar-refractivity contribution is -0.0967. The van der Waals surface area contributed by atoms with Crippen LogP contribution >= 0.6 is 0 Å². The third-order valence-corrected chi connectivity index (χ3v) is 5.44. The lowest BCUT2D eigenvalue weighted by atomic mass is 10.00. The molecule has 0 bridgehead atoms. The molecule has 2 atom stereocenters. The van der Waals surface area contributed by atoms with Gasteiger partial charge < -0.3 is 14.2 Å². The van der Waals surface area contributed by atoms with E-state index in [9.17, 15) is 0 Å². The Morgan fingerprint density at radius 1 is 1.08 bits per heavy atom. The van der Waals surface area contributed by atoms with Crippen LogP contribution in [0, 0.1) is 0 Å². The summed E-state index contributed by atoms with van der Waals surface area (Å²) in [6, 6.07) is 6.11. The van der Waals surface area contributed by atoms with E-state index in [4.69, 9.17) is 14.2 Å². The summed E-state index contributed by atoms with van der Waals surface area (Å²) in [6.45, 7) is 8.98. The zero-order chi connectivity index (χ0) is 17.0. The van der Waals surface area contributed by atoms with E-state index in [1.165, 1.54) is 0 Å². The predicted octanol–water partition coefficient (Wildman–Crippen LogP) is 1.16. The number of aromatic nitrogens is 1. The van der Waals surface area contributed by atoms with E-state index >= 15 is 0 Å². The van der Waals surface area contributed by atoms with Crippen LogP contribution in [0.4, 0.5) is 0 Å². The lowest BCUT2D eigenvalue weighted by Gasteiger charge is -2.33. The molecular formula is C19H29N3O3. The van der Waals surface area contributed by atoms with Crippen molar-refractivity contribution in [2.45, 2.75) is 31.1 Å². The maximum Gasteiger partial charge on any atom is 0.105 e. The van der Waals surface area contributed by atoms with Crippen molar-refractivity contribution in [3.8, 4) is 0 Å². The van der Waals surface area contributed by atoms with E-state index in [1.807, 2.05) is 12.3 Å². The van der Waals surface area contributed by atoms with Gasteiger partial charge in [0.1, 0.15) is 5.60 Å². The first kappa shape index (κ1) is 17.4. The minimum absolute atomic E-state index is 0.151. The summed E-state index contributed by atoms with van der Waals surface area (Å²) in [7, 11) is 0. The number of rotatable bonds is 4. The highest BCUT2D eigenvalue weighted by Crippen LogP contribution is 2.33. The molecule has 138 valence electrons. The van der Waals surface area contributed by atoms with Gasteiger partial charge in [-0.1, -0.05) is 6.07 Å². The Morgan fingerprint density at radius 2 is 1.92 bits per heavy atom. The fraction of sp³-hybridized carbons (Fsp3) is 0.737. The van der Waals surface area contributed by atoms with Crippen LogP contribution in [-0.4, -0.2) is 85.6 Å². The Kier molecular flexibility index (Phi) is 5.63. The molecule has 1 spiro atoms. The molecule has 25 heavy (non-hydrogen) atoms. The van der Waals surface area contributed by atoms with Gasteiger partial charge in [-0.15, -0.1) is 0 Å². The quantitative estimate of drug-likeness (QED) is 0.815. The van der Waals surface area contributed by atoms with E-state index in [0.29, 0.717) is 12.7 Å². The van der Waals surface area contributed by atoms with Crippen molar-refractivity contribution in [2.24, 2.45) is 0 Å². The van der Waals surface area contributed by atoms with Crippen molar-refractivity contribution in [3.05, 3.63) is 30.1 Å². The van der Waals surface area contributed by atoms with Crippen LogP contribution < -0.4 is 0 Å². The maximum absolute atomic E-state index is 6.57. The molecular weight excluding hydrogens is 318 g/mol. The summed E-state index contributed by atoms with van der Waals surface area (Å²) in [5.41, 5.74) is 0.963. The van der Waals surface area contributed by atoms with Crippen molar-refractivity contribution < 1.29 is 14.2 Å². The van der Waals surface area contributed by atoms with E-state index in [2.05, 4.69) is 26.9 Å². The SMILES string of the molecule is c1ccc(CN2CCOC[C@]3(CC[C@@H](CN4CCOCC4)O3)C2)nc1. The van der Waals surface area contributed by atoms with E-state index in [-0.39, 0.29) is 5.60 Å². The van der Waals surface area contributed by atoms with Crippen molar-refractivity contribution in [1.29, 1.82) is 0 Å². The van der Waals surface area contributed by atoms with Gasteiger partial charge in [0.15, 0.2) is 0 Å². The number of nitrogens with zero attached hydrogens (tertiary/aromatic N) is 3. The monoisotopic (exact) mass is 347 g/mol. The maximum atomic E-state index is 6.57. The molecule has 6 nitrogen and oxygen atoms in total. The van der Waals surface area contributed by atoms with Gasteiger partial charge >= 0.3 is 0 Å². The third-order valence-electron chi connectivity index (χ3n) is 5.44. The van der Waals surface area contributed by atoms with Crippen molar-refractivity contribution >= 4 is 0 Å². The molecule has 3 aliphatic rings. The molecule has 0 saturated carbocycles. The molecule has 0 radical (unpaired) electrons. The van der Waals surface area contributed by atoms with E-state index in [1.54, 1.807) is 0 Å². The first-order valence-corrected chi connectivity index (χ1v) is 9.49. The summed E-state index contributed by atoms with van der Waals surface area (Å²) in [5.74, 6) is 0. The van der Waals surface area contributed by atoms with Gasteiger partial charge in [0, 0.05) is 45.5 Å². The summed E-state index contributed by atoms with van der Waals surface area (Å²) in [5, 5.41) is 0. The number of pyridine rings is 1. The number of hydrogen-bond donors (Lipinski definition) is 0. The van der Waals surface area contributed by atoms with Crippen molar-refractivity contribution in [3.63, 3.8) is 0 Å². The Balaban J connectivity index is 1.35. The fourth-order valence-corrected chi connectivity index (χ4v) is 4.16.